The highest BCUT2D eigenvalue weighted by atomic mass is 32.2. The Bertz CT molecular complexity index is 825. The van der Waals surface area contributed by atoms with Crippen molar-refractivity contribution in [2.45, 2.75) is 11.3 Å². The number of hydrazone groups is 1. The number of carbonyl (C=O) groups is 1. The minimum atomic E-state index is -0.140. The highest BCUT2D eigenvalue weighted by Crippen LogP contribution is 2.28. The largest absolute Gasteiger partial charge is 0.272 e. The lowest BCUT2D eigenvalue weighted by Gasteiger charge is -1.99. The molecule has 116 valence electrons. The number of thiazole rings is 1. The molecule has 23 heavy (non-hydrogen) atoms. The number of amides is 1. The van der Waals surface area contributed by atoms with E-state index in [1.807, 2.05) is 55.5 Å². The van der Waals surface area contributed by atoms with Crippen LogP contribution in [-0.4, -0.2) is 22.9 Å². The van der Waals surface area contributed by atoms with Crippen molar-refractivity contribution in [3.8, 4) is 0 Å². The van der Waals surface area contributed by atoms with Crippen molar-refractivity contribution in [2.24, 2.45) is 5.10 Å². The summed E-state index contributed by atoms with van der Waals surface area (Å²) in [6.07, 6.45) is 1.66. The summed E-state index contributed by atoms with van der Waals surface area (Å²) in [5.41, 5.74) is 5.63. The number of thioether (sulfide) groups is 1. The van der Waals surface area contributed by atoms with Crippen molar-refractivity contribution < 1.29 is 4.79 Å². The number of aromatic nitrogens is 1. The van der Waals surface area contributed by atoms with E-state index >= 15 is 0 Å². The monoisotopic (exact) mass is 341 g/mol. The van der Waals surface area contributed by atoms with Gasteiger partial charge in [0.2, 0.25) is 0 Å². The van der Waals surface area contributed by atoms with Crippen LogP contribution < -0.4 is 5.43 Å². The minimum Gasteiger partial charge on any atom is -0.272 e. The van der Waals surface area contributed by atoms with E-state index in [9.17, 15) is 4.79 Å². The van der Waals surface area contributed by atoms with Crippen molar-refractivity contribution >= 4 is 45.4 Å². The molecule has 0 unspecified atom stereocenters. The van der Waals surface area contributed by atoms with Gasteiger partial charge in [-0.1, -0.05) is 48.2 Å². The van der Waals surface area contributed by atoms with E-state index < -0.39 is 0 Å². The molecule has 0 saturated carbocycles. The molecule has 1 N–H and O–H groups in total. The van der Waals surface area contributed by atoms with E-state index in [2.05, 4.69) is 15.5 Å². The third-order valence-electron chi connectivity index (χ3n) is 3.18. The average Bonchev–Trinajstić information content (AvgIpc) is 2.98. The summed E-state index contributed by atoms with van der Waals surface area (Å²) in [4.78, 5) is 16.3. The topological polar surface area (TPSA) is 54.4 Å². The Morgan fingerprint density at radius 3 is 2.87 bits per heavy atom. The maximum absolute atomic E-state index is 11.8. The van der Waals surface area contributed by atoms with Gasteiger partial charge in [0.25, 0.3) is 5.91 Å². The van der Waals surface area contributed by atoms with Crippen LogP contribution in [-0.2, 0) is 4.79 Å². The highest BCUT2D eigenvalue weighted by molar-refractivity contribution is 8.01. The van der Waals surface area contributed by atoms with Crippen LogP contribution in [0.1, 0.15) is 11.1 Å². The van der Waals surface area contributed by atoms with Gasteiger partial charge >= 0.3 is 0 Å². The molecule has 0 atom stereocenters. The molecule has 0 bridgehead atoms. The third-order valence-corrected chi connectivity index (χ3v) is 5.36. The second-order valence-electron chi connectivity index (χ2n) is 4.89. The first-order valence-corrected chi connectivity index (χ1v) is 8.88. The smallest absolute Gasteiger partial charge is 0.250 e. The zero-order chi connectivity index (χ0) is 16.1. The molecule has 0 saturated heterocycles. The fraction of sp³-hybridized carbons (Fsp3) is 0.118. The lowest BCUT2D eigenvalue weighted by atomic mass is 10.1. The zero-order valence-corrected chi connectivity index (χ0v) is 14.2. The molecule has 0 aliphatic carbocycles. The van der Waals surface area contributed by atoms with Gasteiger partial charge in [0.1, 0.15) is 0 Å². The summed E-state index contributed by atoms with van der Waals surface area (Å²) in [6, 6.07) is 15.8. The molecule has 0 aliphatic rings. The minimum absolute atomic E-state index is 0.140. The molecule has 0 fully saturated rings. The van der Waals surface area contributed by atoms with E-state index in [1.54, 1.807) is 17.6 Å². The molecule has 1 aromatic heterocycles. The summed E-state index contributed by atoms with van der Waals surface area (Å²) < 4.78 is 2.03. The molecule has 0 radical (unpaired) electrons. The summed E-state index contributed by atoms with van der Waals surface area (Å²) in [5, 5.41) is 4.00. The number of rotatable bonds is 5. The Morgan fingerprint density at radius 1 is 1.26 bits per heavy atom. The normalized spacial score (nSPS) is 11.2. The van der Waals surface area contributed by atoms with E-state index in [4.69, 9.17) is 0 Å². The van der Waals surface area contributed by atoms with Crippen LogP contribution in [0.3, 0.4) is 0 Å². The van der Waals surface area contributed by atoms with E-state index in [-0.39, 0.29) is 5.91 Å². The number of benzene rings is 2. The van der Waals surface area contributed by atoms with Gasteiger partial charge in [0.05, 0.1) is 22.2 Å². The maximum atomic E-state index is 11.8. The maximum Gasteiger partial charge on any atom is 0.250 e. The van der Waals surface area contributed by atoms with Crippen LogP contribution in [0.5, 0.6) is 0 Å². The molecule has 6 heteroatoms. The van der Waals surface area contributed by atoms with Gasteiger partial charge in [-0.25, -0.2) is 10.4 Å². The van der Waals surface area contributed by atoms with Gasteiger partial charge in [-0.15, -0.1) is 11.3 Å². The molecule has 1 heterocycles. The van der Waals surface area contributed by atoms with Crippen LogP contribution in [0.2, 0.25) is 0 Å². The Hall–Kier alpha value is -2.18. The van der Waals surface area contributed by atoms with Crippen LogP contribution in [0.4, 0.5) is 0 Å². The molecule has 1 amide bonds. The summed E-state index contributed by atoms with van der Waals surface area (Å²) in [6.45, 7) is 2.01. The number of aryl methyl sites for hydroxylation is 1. The molecule has 0 aliphatic heterocycles. The van der Waals surface area contributed by atoms with Crippen molar-refractivity contribution in [1.29, 1.82) is 0 Å². The molecule has 3 rings (SSSR count). The average molecular weight is 341 g/mol. The van der Waals surface area contributed by atoms with Crippen LogP contribution >= 0.6 is 23.1 Å². The number of nitrogens with one attached hydrogen (secondary N) is 1. The second-order valence-corrected chi connectivity index (χ2v) is 7.14. The van der Waals surface area contributed by atoms with Gasteiger partial charge in [-0.3, -0.25) is 4.79 Å². The molecule has 4 nitrogen and oxygen atoms in total. The first kappa shape index (κ1) is 15.7. The fourth-order valence-corrected chi connectivity index (χ4v) is 3.84. The Kier molecular flexibility index (Phi) is 5.05. The summed E-state index contributed by atoms with van der Waals surface area (Å²) in [7, 11) is 0. The lowest BCUT2D eigenvalue weighted by molar-refractivity contribution is -0.118. The molecule has 2 aromatic carbocycles. The zero-order valence-electron chi connectivity index (χ0n) is 12.5. The van der Waals surface area contributed by atoms with Gasteiger partial charge in [-0.05, 0) is 30.2 Å². The van der Waals surface area contributed by atoms with Gasteiger partial charge in [-0.2, -0.15) is 5.10 Å². The molecular formula is C17H15N3OS2. The lowest BCUT2D eigenvalue weighted by Crippen LogP contribution is -2.19. The Labute approximate surface area is 142 Å². The fourth-order valence-electron chi connectivity index (χ4n) is 1.98. The highest BCUT2D eigenvalue weighted by Gasteiger charge is 2.06. The van der Waals surface area contributed by atoms with Gasteiger partial charge < -0.3 is 0 Å². The van der Waals surface area contributed by atoms with E-state index in [1.165, 1.54) is 11.8 Å². The quantitative estimate of drug-likeness (QED) is 0.436. The number of para-hydroxylation sites is 1. The number of nitrogens with zero attached hydrogens (tertiary/aromatic N) is 2. The Balaban J connectivity index is 1.52. The van der Waals surface area contributed by atoms with E-state index in [0.717, 1.165) is 25.7 Å². The number of fused-ring (bicyclic) bond motifs is 1. The van der Waals surface area contributed by atoms with Crippen molar-refractivity contribution in [1.82, 2.24) is 10.4 Å². The SMILES string of the molecule is Cc1ccccc1/C=N\NC(=O)CSc1nc2ccccc2s1. The number of hydrogen-bond donors (Lipinski definition) is 1. The van der Waals surface area contributed by atoms with Crippen molar-refractivity contribution in [3.05, 3.63) is 59.7 Å². The van der Waals surface area contributed by atoms with E-state index in [0.29, 0.717) is 5.75 Å². The van der Waals surface area contributed by atoms with Crippen molar-refractivity contribution in [2.75, 3.05) is 5.75 Å². The van der Waals surface area contributed by atoms with Crippen LogP contribution in [0.25, 0.3) is 10.2 Å². The second kappa shape index (κ2) is 7.39. The van der Waals surface area contributed by atoms with Gasteiger partial charge in [0.15, 0.2) is 4.34 Å². The van der Waals surface area contributed by atoms with Crippen molar-refractivity contribution in [3.63, 3.8) is 0 Å². The predicted molar refractivity (Wildman–Crippen MR) is 97.3 cm³/mol. The summed E-state index contributed by atoms with van der Waals surface area (Å²) in [5.74, 6) is 0.157. The van der Waals surface area contributed by atoms with Crippen LogP contribution in [0.15, 0.2) is 58.0 Å². The summed E-state index contributed by atoms with van der Waals surface area (Å²) >= 11 is 3.02. The third kappa shape index (κ3) is 4.18. The first-order chi connectivity index (χ1) is 11.2. The molecule has 3 aromatic rings. The number of carbonyl (C=O) groups excluding carboxylic acids is 1. The first-order valence-electron chi connectivity index (χ1n) is 7.08. The van der Waals surface area contributed by atoms with Gasteiger partial charge in [0, 0.05) is 0 Å². The standard InChI is InChI=1S/C17H15N3OS2/c1-12-6-2-3-7-13(12)10-18-20-16(21)11-22-17-19-14-8-4-5-9-15(14)23-17/h2-10H,11H2,1H3,(H,20,21)/b18-10-. The Morgan fingerprint density at radius 2 is 2.04 bits per heavy atom. The molecule has 0 spiro atoms. The molecular weight excluding hydrogens is 326 g/mol. The van der Waals surface area contributed by atoms with Crippen LogP contribution in [0, 0.1) is 6.92 Å². The predicted octanol–water partition coefficient (Wildman–Crippen LogP) is 3.85. The number of hydrogen-bond acceptors (Lipinski definition) is 5.